The molecule has 4 heteroatoms. The molecular formula is C15H14ClNOS. The second kappa shape index (κ2) is 5.59. The normalized spacial score (nSPS) is 10.3. The van der Waals surface area contributed by atoms with E-state index >= 15 is 0 Å². The smallest absolute Gasteiger partial charge is 0.139 e. The van der Waals surface area contributed by atoms with Crippen molar-refractivity contribution in [3.63, 3.8) is 0 Å². The number of halogens is 1. The average molecular weight is 292 g/mol. The van der Waals surface area contributed by atoms with Crippen molar-refractivity contribution in [1.29, 1.82) is 0 Å². The summed E-state index contributed by atoms with van der Waals surface area (Å²) >= 11 is 11.0. The van der Waals surface area contributed by atoms with Crippen LogP contribution in [0.4, 0.5) is 0 Å². The molecule has 0 radical (unpaired) electrons. The summed E-state index contributed by atoms with van der Waals surface area (Å²) in [6.45, 7) is 4.00. The first-order valence-electron chi connectivity index (χ1n) is 5.82. The Morgan fingerprint density at radius 1 is 1.11 bits per heavy atom. The van der Waals surface area contributed by atoms with Crippen molar-refractivity contribution in [2.24, 2.45) is 5.73 Å². The molecule has 0 amide bonds. The second-order valence-corrected chi connectivity index (χ2v) is 5.25. The predicted octanol–water partition coefficient (Wildman–Crippen LogP) is 4.38. The van der Waals surface area contributed by atoms with Crippen LogP contribution in [0.15, 0.2) is 36.4 Å². The minimum atomic E-state index is 0.289. The van der Waals surface area contributed by atoms with Crippen LogP contribution in [0.3, 0.4) is 0 Å². The summed E-state index contributed by atoms with van der Waals surface area (Å²) in [5.74, 6) is 1.36. The monoisotopic (exact) mass is 291 g/mol. The number of benzene rings is 2. The highest BCUT2D eigenvalue weighted by molar-refractivity contribution is 7.80. The zero-order chi connectivity index (χ0) is 14.0. The molecule has 0 heterocycles. The Kier molecular flexibility index (Phi) is 4.08. The summed E-state index contributed by atoms with van der Waals surface area (Å²) in [4.78, 5) is 0.289. The lowest BCUT2D eigenvalue weighted by molar-refractivity contribution is 0.477. The number of hydrogen-bond acceptors (Lipinski definition) is 2. The van der Waals surface area contributed by atoms with E-state index in [9.17, 15) is 0 Å². The van der Waals surface area contributed by atoms with Crippen LogP contribution in [0, 0.1) is 13.8 Å². The number of aryl methyl sites for hydroxylation is 2. The topological polar surface area (TPSA) is 35.2 Å². The Balaban J connectivity index is 2.45. The van der Waals surface area contributed by atoms with Crippen molar-refractivity contribution in [3.8, 4) is 11.5 Å². The summed E-state index contributed by atoms with van der Waals surface area (Å²) in [6.07, 6.45) is 0. The van der Waals surface area contributed by atoms with Crippen LogP contribution in [-0.4, -0.2) is 4.99 Å². The van der Waals surface area contributed by atoms with Gasteiger partial charge in [-0.1, -0.05) is 36.0 Å². The number of rotatable bonds is 3. The zero-order valence-electron chi connectivity index (χ0n) is 10.7. The van der Waals surface area contributed by atoms with Gasteiger partial charge in [-0.25, -0.2) is 0 Å². The SMILES string of the molecule is Cc1ccc(C)c(Oc2cc(Cl)ccc2C(N)=S)c1. The lowest BCUT2D eigenvalue weighted by Crippen LogP contribution is -2.10. The number of ether oxygens (including phenoxy) is 1. The molecule has 0 unspecified atom stereocenters. The summed E-state index contributed by atoms with van der Waals surface area (Å²) < 4.78 is 5.91. The van der Waals surface area contributed by atoms with Crippen molar-refractivity contribution in [2.45, 2.75) is 13.8 Å². The highest BCUT2D eigenvalue weighted by atomic mass is 35.5. The van der Waals surface area contributed by atoms with Crippen LogP contribution in [0.2, 0.25) is 5.02 Å². The molecule has 0 aliphatic heterocycles. The molecule has 0 saturated carbocycles. The molecule has 0 atom stereocenters. The fourth-order valence-electron chi connectivity index (χ4n) is 1.72. The molecular weight excluding hydrogens is 278 g/mol. The zero-order valence-corrected chi connectivity index (χ0v) is 12.3. The molecule has 0 spiro atoms. The second-order valence-electron chi connectivity index (χ2n) is 4.38. The molecule has 2 N–H and O–H groups in total. The number of thiocarbonyl (C=S) groups is 1. The molecule has 2 aromatic rings. The Morgan fingerprint density at radius 2 is 1.84 bits per heavy atom. The molecule has 0 saturated heterocycles. The first-order chi connectivity index (χ1) is 8.97. The molecule has 0 bridgehead atoms. The largest absolute Gasteiger partial charge is 0.456 e. The molecule has 2 rings (SSSR count). The van der Waals surface area contributed by atoms with Gasteiger partial charge in [0.2, 0.25) is 0 Å². The summed E-state index contributed by atoms with van der Waals surface area (Å²) in [5, 5.41) is 0.584. The molecule has 0 aliphatic carbocycles. The minimum absolute atomic E-state index is 0.289. The fraction of sp³-hybridized carbons (Fsp3) is 0.133. The van der Waals surface area contributed by atoms with Crippen LogP contribution in [0.5, 0.6) is 11.5 Å². The maximum atomic E-state index is 5.99. The third-order valence-corrected chi connectivity index (χ3v) is 3.23. The molecule has 0 aromatic heterocycles. The molecule has 2 nitrogen and oxygen atoms in total. The van der Waals surface area contributed by atoms with E-state index < -0.39 is 0 Å². The van der Waals surface area contributed by atoms with Gasteiger partial charge >= 0.3 is 0 Å². The van der Waals surface area contributed by atoms with Crippen LogP contribution in [0.1, 0.15) is 16.7 Å². The van der Waals surface area contributed by atoms with Crippen LogP contribution < -0.4 is 10.5 Å². The predicted molar refractivity (Wildman–Crippen MR) is 83.3 cm³/mol. The van der Waals surface area contributed by atoms with Gasteiger partial charge in [0.05, 0.1) is 5.56 Å². The third-order valence-electron chi connectivity index (χ3n) is 2.77. The summed E-state index contributed by atoms with van der Waals surface area (Å²) in [6, 6.07) is 11.2. The van der Waals surface area contributed by atoms with E-state index in [1.54, 1.807) is 18.2 Å². The maximum absolute atomic E-state index is 5.99. The standard InChI is InChI=1S/C15H14ClNOS/c1-9-3-4-10(2)13(7-9)18-14-8-11(16)5-6-12(14)15(17)19/h3-8H,1-2H3,(H2,17,19). The van der Waals surface area contributed by atoms with E-state index in [1.807, 2.05) is 32.0 Å². The van der Waals surface area contributed by atoms with E-state index in [4.69, 9.17) is 34.3 Å². The third kappa shape index (κ3) is 3.25. The molecule has 98 valence electrons. The van der Waals surface area contributed by atoms with E-state index in [1.165, 1.54) is 0 Å². The highest BCUT2D eigenvalue weighted by Crippen LogP contribution is 2.30. The van der Waals surface area contributed by atoms with E-state index in [0.29, 0.717) is 16.3 Å². The van der Waals surface area contributed by atoms with Crippen LogP contribution >= 0.6 is 23.8 Å². The lowest BCUT2D eigenvalue weighted by Gasteiger charge is -2.13. The molecule has 2 aromatic carbocycles. The Labute approximate surface area is 123 Å². The van der Waals surface area contributed by atoms with Gasteiger partial charge in [0.25, 0.3) is 0 Å². The van der Waals surface area contributed by atoms with Crippen molar-refractivity contribution in [2.75, 3.05) is 0 Å². The summed E-state index contributed by atoms with van der Waals surface area (Å²) in [5.41, 5.74) is 8.54. The van der Waals surface area contributed by atoms with Crippen molar-refractivity contribution in [1.82, 2.24) is 0 Å². The van der Waals surface area contributed by atoms with E-state index in [0.717, 1.165) is 16.9 Å². The van der Waals surface area contributed by atoms with Gasteiger partial charge in [0.15, 0.2) is 0 Å². The van der Waals surface area contributed by atoms with Crippen molar-refractivity contribution >= 4 is 28.8 Å². The van der Waals surface area contributed by atoms with Gasteiger partial charge < -0.3 is 10.5 Å². The Bertz CT molecular complexity index is 640. The quantitative estimate of drug-likeness (QED) is 0.852. The van der Waals surface area contributed by atoms with Gasteiger partial charge in [-0.15, -0.1) is 0 Å². The molecule has 0 aliphatic rings. The maximum Gasteiger partial charge on any atom is 0.139 e. The van der Waals surface area contributed by atoms with Gasteiger partial charge in [0, 0.05) is 11.1 Å². The van der Waals surface area contributed by atoms with E-state index in [-0.39, 0.29) is 4.99 Å². The number of hydrogen-bond donors (Lipinski definition) is 1. The number of nitrogens with two attached hydrogens (primary N) is 1. The summed E-state index contributed by atoms with van der Waals surface area (Å²) in [7, 11) is 0. The Hall–Kier alpha value is -1.58. The van der Waals surface area contributed by atoms with Crippen molar-refractivity contribution < 1.29 is 4.74 Å². The van der Waals surface area contributed by atoms with Crippen LogP contribution in [-0.2, 0) is 0 Å². The van der Waals surface area contributed by atoms with Crippen molar-refractivity contribution in [3.05, 3.63) is 58.1 Å². The highest BCUT2D eigenvalue weighted by Gasteiger charge is 2.10. The van der Waals surface area contributed by atoms with E-state index in [2.05, 4.69) is 0 Å². The van der Waals surface area contributed by atoms with Gasteiger partial charge in [-0.2, -0.15) is 0 Å². The van der Waals surface area contributed by atoms with Gasteiger partial charge in [-0.3, -0.25) is 0 Å². The first-order valence-corrected chi connectivity index (χ1v) is 6.60. The Morgan fingerprint density at radius 3 is 2.53 bits per heavy atom. The van der Waals surface area contributed by atoms with Crippen LogP contribution in [0.25, 0.3) is 0 Å². The molecule has 19 heavy (non-hydrogen) atoms. The van der Waals surface area contributed by atoms with Gasteiger partial charge in [0.1, 0.15) is 16.5 Å². The lowest BCUT2D eigenvalue weighted by atomic mass is 10.1. The first kappa shape index (κ1) is 13.8. The average Bonchev–Trinajstić information content (AvgIpc) is 2.33. The fourth-order valence-corrected chi connectivity index (χ4v) is 2.05. The van der Waals surface area contributed by atoms with Gasteiger partial charge in [-0.05, 0) is 43.2 Å². The molecule has 0 fully saturated rings. The minimum Gasteiger partial charge on any atom is -0.456 e.